The van der Waals surface area contributed by atoms with Gasteiger partial charge in [-0.25, -0.2) is 9.78 Å². The summed E-state index contributed by atoms with van der Waals surface area (Å²) in [4.78, 5) is 27.9. The first-order chi connectivity index (χ1) is 13.2. The third-order valence-corrected chi connectivity index (χ3v) is 4.80. The average Bonchev–Trinajstić information content (AvgIpc) is 3.14. The topological polar surface area (TPSA) is 73.2 Å². The molecule has 0 spiro atoms. The molecular weight excluding hydrogens is 362 g/mol. The predicted octanol–water partition coefficient (Wildman–Crippen LogP) is 3.45. The Morgan fingerprint density at radius 3 is 2.56 bits per heavy atom. The second-order valence-corrected chi connectivity index (χ2v) is 6.67. The van der Waals surface area contributed by atoms with Gasteiger partial charge >= 0.3 is 5.97 Å². The number of carbonyl (C=O) groups is 2. The summed E-state index contributed by atoms with van der Waals surface area (Å²) in [6, 6.07) is 16.7. The van der Waals surface area contributed by atoms with E-state index in [1.165, 1.54) is 24.4 Å². The Hall–Kier alpha value is -3.06. The summed E-state index contributed by atoms with van der Waals surface area (Å²) in [6.07, 6.45) is 3.63. The highest BCUT2D eigenvalue weighted by atomic mass is 32.2. The van der Waals surface area contributed by atoms with Crippen LogP contribution in [-0.2, 0) is 16.1 Å². The third-order valence-electron chi connectivity index (χ3n) is 3.80. The molecule has 0 fully saturated rings. The lowest BCUT2D eigenvalue weighted by molar-refractivity contribution is -0.113. The highest BCUT2D eigenvalue weighted by molar-refractivity contribution is 7.99. The maximum absolute atomic E-state index is 12.2. The lowest BCUT2D eigenvalue weighted by Gasteiger charge is -2.08. The van der Waals surface area contributed by atoms with Crippen molar-refractivity contribution in [3.8, 4) is 0 Å². The highest BCUT2D eigenvalue weighted by Gasteiger charge is 2.10. The van der Waals surface area contributed by atoms with Crippen molar-refractivity contribution in [2.75, 3.05) is 18.2 Å². The van der Waals surface area contributed by atoms with Crippen LogP contribution in [0.2, 0.25) is 0 Å². The molecule has 0 bridgehead atoms. The Morgan fingerprint density at radius 1 is 1.11 bits per heavy atom. The molecule has 0 aliphatic rings. The molecule has 1 N–H and O–H groups in total. The molecule has 0 unspecified atom stereocenters. The van der Waals surface area contributed by atoms with Gasteiger partial charge in [-0.05, 0) is 29.8 Å². The van der Waals surface area contributed by atoms with Crippen LogP contribution in [0.15, 0.2) is 72.1 Å². The molecule has 0 aliphatic heterocycles. The van der Waals surface area contributed by atoms with E-state index in [2.05, 4.69) is 27.2 Å². The monoisotopic (exact) mass is 381 g/mol. The maximum Gasteiger partial charge on any atom is 0.337 e. The van der Waals surface area contributed by atoms with E-state index in [1.54, 1.807) is 30.5 Å². The minimum atomic E-state index is -0.409. The number of ether oxygens (including phenoxy) is 1. The number of carbonyl (C=O) groups excluding carboxylic acids is 2. The number of aromatic nitrogens is 2. The first-order valence-corrected chi connectivity index (χ1v) is 9.30. The number of nitrogens with zero attached hydrogens (tertiary/aromatic N) is 2. The summed E-state index contributed by atoms with van der Waals surface area (Å²) in [6.45, 7) is 0.708. The van der Waals surface area contributed by atoms with Gasteiger partial charge in [0.25, 0.3) is 0 Å². The van der Waals surface area contributed by atoms with Gasteiger partial charge < -0.3 is 14.6 Å². The number of anilines is 1. The van der Waals surface area contributed by atoms with E-state index in [9.17, 15) is 9.59 Å². The van der Waals surface area contributed by atoms with E-state index in [0.29, 0.717) is 17.8 Å². The summed E-state index contributed by atoms with van der Waals surface area (Å²) in [5.41, 5.74) is 2.24. The zero-order valence-corrected chi connectivity index (χ0v) is 15.6. The largest absolute Gasteiger partial charge is 0.465 e. The first-order valence-electron chi connectivity index (χ1n) is 8.32. The minimum Gasteiger partial charge on any atom is -0.465 e. The number of thioether (sulfide) groups is 1. The van der Waals surface area contributed by atoms with Crippen LogP contribution in [0.25, 0.3) is 0 Å². The van der Waals surface area contributed by atoms with E-state index in [4.69, 9.17) is 0 Å². The smallest absolute Gasteiger partial charge is 0.337 e. The van der Waals surface area contributed by atoms with Crippen molar-refractivity contribution in [3.05, 3.63) is 78.1 Å². The fraction of sp³-hybridized carbons (Fsp3) is 0.150. The summed E-state index contributed by atoms with van der Waals surface area (Å²) in [7, 11) is 1.33. The number of nitrogens with one attached hydrogen (secondary N) is 1. The number of benzene rings is 2. The molecule has 0 atom stereocenters. The zero-order chi connectivity index (χ0) is 19.1. The van der Waals surface area contributed by atoms with Gasteiger partial charge in [-0.3, -0.25) is 4.79 Å². The van der Waals surface area contributed by atoms with Crippen molar-refractivity contribution >= 4 is 29.3 Å². The number of hydrogen-bond donors (Lipinski definition) is 1. The molecule has 1 amide bonds. The zero-order valence-electron chi connectivity index (χ0n) is 14.8. The molecule has 0 aliphatic carbocycles. The quantitative estimate of drug-likeness (QED) is 0.501. The fourth-order valence-electron chi connectivity index (χ4n) is 2.47. The Kier molecular flexibility index (Phi) is 6.27. The second-order valence-electron chi connectivity index (χ2n) is 5.73. The number of esters is 1. The lowest BCUT2D eigenvalue weighted by Crippen LogP contribution is -2.15. The van der Waals surface area contributed by atoms with E-state index < -0.39 is 5.97 Å². The van der Waals surface area contributed by atoms with Gasteiger partial charge in [-0.1, -0.05) is 42.1 Å². The maximum atomic E-state index is 12.2. The summed E-state index contributed by atoms with van der Waals surface area (Å²) < 4.78 is 6.66. The number of hydrogen-bond acceptors (Lipinski definition) is 5. The molecule has 7 heteroatoms. The van der Waals surface area contributed by atoms with Crippen LogP contribution in [0.4, 0.5) is 5.69 Å². The van der Waals surface area contributed by atoms with Crippen LogP contribution in [0.5, 0.6) is 0 Å². The number of amides is 1. The molecule has 0 radical (unpaired) electrons. The van der Waals surface area contributed by atoms with Crippen LogP contribution in [0.3, 0.4) is 0 Å². The molecule has 1 aromatic heterocycles. The molecule has 0 saturated carbocycles. The van der Waals surface area contributed by atoms with Crippen molar-refractivity contribution in [1.82, 2.24) is 9.55 Å². The van der Waals surface area contributed by atoms with Gasteiger partial charge in [-0.15, -0.1) is 0 Å². The molecule has 2 aromatic carbocycles. The Morgan fingerprint density at radius 2 is 1.85 bits per heavy atom. The van der Waals surface area contributed by atoms with Gasteiger partial charge in [0, 0.05) is 24.6 Å². The summed E-state index contributed by atoms with van der Waals surface area (Å²) >= 11 is 1.38. The Bertz CT molecular complexity index is 908. The molecule has 3 rings (SSSR count). The fourth-order valence-corrected chi connectivity index (χ4v) is 3.23. The van der Waals surface area contributed by atoms with Gasteiger partial charge in [0.2, 0.25) is 5.91 Å². The van der Waals surface area contributed by atoms with Crippen molar-refractivity contribution in [2.24, 2.45) is 0 Å². The van der Waals surface area contributed by atoms with Gasteiger partial charge in [0.15, 0.2) is 5.16 Å². The Labute approximate surface area is 161 Å². The number of imidazole rings is 1. The van der Waals surface area contributed by atoms with Crippen molar-refractivity contribution < 1.29 is 14.3 Å². The lowest BCUT2D eigenvalue weighted by atomic mass is 10.2. The molecule has 1 heterocycles. The van der Waals surface area contributed by atoms with Gasteiger partial charge in [-0.2, -0.15) is 0 Å². The first kappa shape index (κ1) is 18.7. The van der Waals surface area contributed by atoms with E-state index in [1.807, 2.05) is 29.0 Å². The van der Waals surface area contributed by atoms with Crippen LogP contribution >= 0.6 is 11.8 Å². The van der Waals surface area contributed by atoms with E-state index in [-0.39, 0.29) is 11.7 Å². The third kappa shape index (κ3) is 5.21. The van der Waals surface area contributed by atoms with E-state index in [0.717, 1.165) is 5.16 Å². The standard InChI is InChI=1S/C20H19N3O3S/c1-26-19(25)16-7-9-17(10-8-16)22-18(24)14-27-20-21-11-12-23(20)13-15-5-3-2-4-6-15/h2-12H,13-14H2,1H3,(H,22,24). The number of methoxy groups -OCH3 is 1. The number of rotatable bonds is 7. The molecule has 0 saturated heterocycles. The van der Waals surface area contributed by atoms with Crippen molar-refractivity contribution in [3.63, 3.8) is 0 Å². The van der Waals surface area contributed by atoms with Crippen LogP contribution in [0, 0.1) is 0 Å². The van der Waals surface area contributed by atoms with E-state index >= 15 is 0 Å². The normalized spacial score (nSPS) is 10.4. The Balaban J connectivity index is 1.54. The summed E-state index contributed by atoms with van der Waals surface area (Å²) in [5.74, 6) is -0.307. The van der Waals surface area contributed by atoms with Crippen molar-refractivity contribution in [1.29, 1.82) is 0 Å². The van der Waals surface area contributed by atoms with Crippen LogP contribution < -0.4 is 5.32 Å². The van der Waals surface area contributed by atoms with Crippen molar-refractivity contribution in [2.45, 2.75) is 11.7 Å². The average molecular weight is 381 g/mol. The SMILES string of the molecule is COC(=O)c1ccc(NC(=O)CSc2nccn2Cc2ccccc2)cc1. The summed E-state index contributed by atoms with van der Waals surface area (Å²) in [5, 5.41) is 3.60. The molecular formula is C20H19N3O3S. The van der Waals surface area contributed by atoms with Gasteiger partial charge in [0.05, 0.1) is 18.4 Å². The predicted molar refractivity (Wildman–Crippen MR) is 105 cm³/mol. The van der Waals surface area contributed by atoms with Crippen LogP contribution in [0.1, 0.15) is 15.9 Å². The van der Waals surface area contributed by atoms with Crippen LogP contribution in [-0.4, -0.2) is 34.3 Å². The molecule has 27 heavy (non-hydrogen) atoms. The minimum absolute atomic E-state index is 0.139. The molecule has 3 aromatic rings. The van der Waals surface area contributed by atoms with Gasteiger partial charge in [0.1, 0.15) is 0 Å². The molecule has 6 nitrogen and oxygen atoms in total. The second kappa shape index (κ2) is 9.05. The molecule has 138 valence electrons. The highest BCUT2D eigenvalue weighted by Crippen LogP contribution is 2.18.